The summed E-state index contributed by atoms with van der Waals surface area (Å²) in [6, 6.07) is 0.740. The van der Waals surface area contributed by atoms with Crippen LogP contribution in [0.5, 0.6) is 0 Å². The lowest BCUT2D eigenvalue weighted by atomic mass is 9.91. The van der Waals surface area contributed by atoms with E-state index in [1.54, 1.807) is 0 Å². The maximum atomic E-state index is 9.53. The first-order valence-corrected chi connectivity index (χ1v) is 10.2. The molecule has 0 aromatic rings. The Morgan fingerprint density at radius 1 is 0.680 bits per heavy atom. The molecule has 5 rings (SSSR count). The van der Waals surface area contributed by atoms with Gasteiger partial charge >= 0.3 is 0 Å². The van der Waals surface area contributed by atoms with Crippen molar-refractivity contribution in [3.63, 3.8) is 0 Å². The Hall–Kier alpha value is -1.14. The van der Waals surface area contributed by atoms with Gasteiger partial charge in [0, 0.05) is 38.0 Å². The molecule has 4 saturated carbocycles. The van der Waals surface area contributed by atoms with E-state index in [9.17, 15) is 10.4 Å². The lowest BCUT2D eigenvalue weighted by Gasteiger charge is -2.35. The molecule has 0 amide bonds. The van der Waals surface area contributed by atoms with E-state index in [2.05, 4.69) is 20.1 Å². The molecule has 6 atom stereocenters. The molecule has 138 valence electrons. The number of oxime groups is 2. The average Bonchev–Trinajstić information content (AvgIpc) is 3.39. The molecule has 0 radical (unpaired) electrons. The molecule has 5 fully saturated rings. The van der Waals surface area contributed by atoms with Gasteiger partial charge in [-0.1, -0.05) is 10.3 Å². The average molecular weight is 346 g/mol. The van der Waals surface area contributed by atoms with Gasteiger partial charge in [0.1, 0.15) is 0 Å². The van der Waals surface area contributed by atoms with Crippen LogP contribution in [0, 0.1) is 23.7 Å². The third-order valence-corrected chi connectivity index (χ3v) is 7.86. The largest absolute Gasteiger partial charge is 0.411 e. The van der Waals surface area contributed by atoms with Gasteiger partial charge in [0.2, 0.25) is 0 Å². The first kappa shape index (κ1) is 16.1. The molecule has 4 aliphatic carbocycles. The molecular formula is C19H30N4O2. The number of fused-ring (bicyclic) bond motifs is 4. The fourth-order valence-corrected chi connectivity index (χ4v) is 6.88. The van der Waals surface area contributed by atoms with Crippen molar-refractivity contribution in [1.29, 1.82) is 0 Å². The monoisotopic (exact) mass is 346 g/mol. The molecule has 0 unspecified atom stereocenters. The standard InChI is InChI=1S/C19H30N4O2/c24-20-16-12-2-4-14(10-12)18(16)22-6-1-7-23(9-8-22)19-15-5-3-13(11-15)17(19)21-25/h12-15,18-19,24-25H,1-11H2/b20-16-,21-17-/t12-,13-,14-,15-,18-,19-/m0/s1. The SMILES string of the molecule is O/N=C1/[C@H]2CC[C@@H](C2)[C@@H]1N1CCCN([C@@H]2/C(=N\O)[C@H]3CC[C@H]2C3)CC1. The van der Waals surface area contributed by atoms with Gasteiger partial charge in [-0.05, 0) is 56.8 Å². The van der Waals surface area contributed by atoms with Gasteiger partial charge in [-0.25, -0.2) is 0 Å². The second-order valence-electron chi connectivity index (χ2n) is 8.91. The van der Waals surface area contributed by atoms with Crippen molar-refractivity contribution in [3.8, 4) is 0 Å². The fraction of sp³-hybridized carbons (Fsp3) is 0.895. The minimum atomic E-state index is 0.370. The molecule has 1 saturated heterocycles. The molecule has 1 heterocycles. The zero-order chi connectivity index (χ0) is 17.0. The highest BCUT2D eigenvalue weighted by atomic mass is 16.4. The van der Waals surface area contributed by atoms with Gasteiger partial charge in [-0.2, -0.15) is 0 Å². The van der Waals surface area contributed by atoms with Crippen LogP contribution in [-0.2, 0) is 0 Å². The minimum Gasteiger partial charge on any atom is -0.411 e. The predicted molar refractivity (Wildman–Crippen MR) is 95.4 cm³/mol. The van der Waals surface area contributed by atoms with Crippen LogP contribution in [-0.4, -0.2) is 69.9 Å². The highest BCUT2D eigenvalue weighted by Gasteiger charge is 2.50. The van der Waals surface area contributed by atoms with Gasteiger partial charge in [0.15, 0.2) is 0 Å². The lowest BCUT2D eigenvalue weighted by molar-refractivity contribution is 0.173. The van der Waals surface area contributed by atoms with Gasteiger partial charge in [0.25, 0.3) is 0 Å². The molecule has 1 aliphatic heterocycles. The molecular weight excluding hydrogens is 316 g/mol. The summed E-state index contributed by atoms with van der Waals surface area (Å²) in [5, 5.41) is 26.5. The van der Waals surface area contributed by atoms with E-state index >= 15 is 0 Å². The Bertz CT molecular complexity index is 542. The number of hydrogen-bond donors (Lipinski definition) is 2. The number of hydrogen-bond acceptors (Lipinski definition) is 6. The number of rotatable bonds is 2. The van der Waals surface area contributed by atoms with Crippen LogP contribution in [0.4, 0.5) is 0 Å². The van der Waals surface area contributed by atoms with E-state index in [1.807, 2.05) is 0 Å². The molecule has 0 aromatic heterocycles. The molecule has 0 spiro atoms. The van der Waals surface area contributed by atoms with Crippen molar-refractivity contribution in [1.82, 2.24) is 9.80 Å². The Morgan fingerprint density at radius 3 is 1.60 bits per heavy atom. The van der Waals surface area contributed by atoms with Crippen molar-refractivity contribution in [2.24, 2.45) is 34.0 Å². The van der Waals surface area contributed by atoms with Gasteiger partial charge in [-0.15, -0.1) is 0 Å². The zero-order valence-electron chi connectivity index (χ0n) is 14.9. The van der Waals surface area contributed by atoms with E-state index in [4.69, 9.17) is 0 Å². The van der Waals surface area contributed by atoms with Crippen LogP contribution >= 0.6 is 0 Å². The van der Waals surface area contributed by atoms with E-state index in [-0.39, 0.29) is 0 Å². The third kappa shape index (κ3) is 2.44. The van der Waals surface area contributed by atoms with Crippen LogP contribution < -0.4 is 0 Å². The van der Waals surface area contributed by atoms with Crippen molar-refractivity contribution < 1.29 is 10.4 Å². The second-order valence-corrected chi connectivity index (χ2v) is 8.91. The molecule has 5 aliphatic rings. The summed E-state index contributed by atoms with van der Waals surface area (Å²) >= 11 is 0. The van der Waals surface area contributed by atoms with Crippen molar-refractivity contribution in [2.75, 3.05) is 26.2 Å². The maximum Gasteiger partial charge on any atom is 0.0775 e. The van der Waals surface area contributed by atoms with E-state index in [0.717, 1.165) is 44.0 Å². The van der Waals surface area contributed by atoms with Crippen molar-refractivity contribution >= 4 is 11.4 Å². The summed E-state index contributed by atoms with van der Waals surface area (Å²) in [6.45, 7) is 4.27. The van der Waals surface area contributed by atoms with Crippen LogP contribution in [0.3, 0.4) is 0 Å². The Balaban J connectivity index is 1.30. The highest BCUT2D eigenvalue weighted by molar-refractivity contribution is 5.95. The molecule has 0 aromatic carbocycles. The van der Waals surface area contributed by atoms with Crippen molar-refractivity contribution in [3.05, 3.63) is 0 Å². The topological polar surface area (TPSA) is 71.7 Å². The fourth-order valence-electron chi connectivity index (χ4n) is 6.88. The van der Waals surface area contributed by atoms with Gasteiger partial charge < -0.3 is 10.4 Å². The second kappa shape index (κ2) is 6.23. The van der Waals surface area contributed by atoms with Crippen LogP contribution in [0.2, 0.25) is 0 Å². The minimum absolute atomic E-state index is 0.370. The lowest BCUT2D eigenvalue weighted by Crippen LogP contribution is -2.49. The van der Waals surface area contributed by atoms with E-state index in [1.165, 1.54) is 38.5 Å². The Labute approximate surface area is 149 Å². The first-order valence-electron chi connectivity index (χ1n) is 10.2. The Kier molecular flexibility index (Phi) is 4.01. The maximum absolute atomic E-state index is 9.53. The smallest absolute Gasteiger partial charge is 0.0775 e. The first-order chi connectivity index (χ1) is 12.3. The molecule has 2 N–H and O–H groups in total. The van der Waals surface area contributed by atoms with E-state index < -0.39 is 0 Å². The third-order valence-electron chi connectivity index (χ3n) is 7.86. The van der Waals surface area contributed by atoms with Crippen LogP contribution in [0.1, 0.15) is 44.9 Å². The molecule has 4 bridgehead atoms. The predicted octanol–water partition coefficient (Wildman–Crippen LogP) is 2.25. The molecule has 6 nitrogen and oxygen atoms in total. The van der Waals surface area contributed by atoms with Gasteiger partial charge in [-0.3, -0.25) is 9.80 Å². The summed E-state index contributed by atoms with van der Waals surface area (Å²) in [7, 11) is 0. The molecule has 6 heteroatoms. The summed E-state index contributed by atoms with van der Waals surface area (Å²) < 4.78 is 0. The Morgan fingerprint density at radius 2 is 1.16 bits per heavy atom. The van der Waals surface area contributed by atoms with E-state index in [0.29, 0.717) is 35.8 Å². The normalized spacial score (nSPS) is 48.0. The van der Waals surface area contributed by atoms with Gasteiger partial charge in [0.05, 0.1) is 23.5 Å². The zero-order valence-corrected chi connectivity index (χ0v) is 14.9. The summed E-state index contributed by atoms with van der Waals surface area (Å²) in [5.41, 5.74) is 2.12. The summed E-state index contributed by atoms with van der Waals surface area (Å²) in [6.07, 6.45) is 8.60. The number of nitrogens with zero attached hydrogens (tertiary/aromatic N) is 4. The van der Waals surface area contributed by atoms with Crippen LogP contribution in [0.15, 0.2) is 10.3 Å². The van der Waals surface area contributed by atoms with Crippen molar-refractivity contribution in [2.45, 2.75) is 57.0 Å². The summed E-state index contributed by atoms with van der Waals surface area (Å²) in [5.74, 6) is 2.44. The summed E-state index contributed by atoms with van der Waals surface area (Å²) in [4.78, 5) is 5.17. The highest BCUT2D eigenvalue weighted by Crippen LogP contribution is 2.47. The quantitative estimate of drug-likeness (QED) is 0.594. The molecule has 25 heavy (non-hydrogen) atoms. The van der Waals surface area contributed by atoms with Crippen LogP contribution in [0.25, 0.3) is 0 Å².